The van der Waals surface area contributed by atoms with Crippen LogP contribution in [0.25, 0.3) is 10.1 Å². The van der Waals surface area contributed by atoms with Gasteiger partial charge >= 0.3 is 0 Å². The molecule has 3 N–H and O–H groups in total. The van der Waals surface area contributed by atoms with Crippen LogP contribution in [0.15, 0.2) is 46.9 Å². The predicted molar refractivity (Wildman–Crippen MR) is 93.3 cm³/mol. The summed E-state index contributed by atoms with van der Waals surface area (Å²) in [5.74, 6) is -0.225. The van der Waals surface area contributed by atoms with Crippen LogP contribution in [0.4, 0.5) is 11.4 Å². The van der Waals surface area contributed by atoms with E-state index >= 15 is 0 Å². The molecule has 0 saturated heterocycles. The second-order valence-corrected chi connectivity index (χ2v) is 6.76. The molecule has 0 aliphatic heterocycles. The van der Waals surface area contributed by atoms with E-state index in [2.05, 4.69) is 21.2 Å². The van der Waals surface area contributed by atoms with Gasteiger partial charge in [0, 0.05) is 19.6 Å². The molecule has 1 aromatic heterocycles. The number of nitrogen functional groups attached to an aromatic ring is 1. The van der Waals surface area contributed by atoms with Crippen LogP contribution in [0.3, 0.4) is 0 Å². The van der Waals surface area contributed by atoms with Gasteiger partial charge in [0.25, 0.3) is 5.91 Å². The molecule has 3 aromatic rings. The highest BCUT2D eigenvalue weighted by Gasteiger charge is 2.17. The summed E-state index contributed by atoms with van der Waals surface area (Å²) in [5, 5.41) is 4.27. The summed E-state index contributed by atoms with van der Waals surface area (Å²) in [6, 6.07) is 12.9. The maximum absolute atomic E-state index is 12.4. The van der Waals surface area contributed by atoms with E-state index in [1.165, 1.54) is 11.3 Å². The first-order valence-electron chi connectivity index (χ1n) is 6.09. The Labute approximate surface area is 138 Å². The zero-order chi connectivity index (χ0) is 15.0. The van der Waals surface area contributed by atoms with Crippen molar-refractivity contribution in [3.05, 3.63) is 56.8 Å². The van der Waals surface area contributed by atoms with Crippen molar-refractivity contribution < 1.29 is 4.79 Å². The molecule has 6 heteroatoms. The molecule has 106 valence electrons. The van der Waals surface area contributed by atoms with Gasteiger partial charge in [-0.3, -0.25) is 4.79 Å². The zero-order valence-electron chi connectivity index (χ0n) is 10.7. The van der Waals surface area contributed by atoms with Gasteiger partial charge in [0.1, 0.15) is 4.88 Å². The molecular formula is C15H10BrClN2OS. The second kappa shape index (κ2) is 5.67. The van der Waals surface area contributed by atoms with Crippen molar-refractivity contribution in [1.82, 2.24) is 0 Å². The number of thiophene rings is 1. The number of para-hydroxylation sites is 1. The van der Waals surface area contributed by atoms with Gasteiger partial charge in [0.05, 0.1) is 11.4 Å². The number of hydrogen-bond acceptors (Lipinski definition) is 3. The minimum atomic E-state index is -0.225. The Morgan fingerprint density at radius 1 is 1.24 bits per heavy atom. The van der Waals surface area contributed by atoms with Crippen molar-refractivity contribution in [2.75, 3.05) is 11.1 Å². The fraction of sp³-hybridized carbons (Fsp3) is 0. The molecule has 21 heavy (non-hydrogen) atoms. The van der Waals surface area contributed by atoms with E-state index in [0.29, 0.717) is 21.3 Å². The lowest BCUT2D eigenvalue weighted by molar-refractivity contribution is 0.103. The summed E-state index contributed by atoms with van der Waals surface area (Å²) >= 11 is 10.7. The number of fused-ring (bicyclic) bond motifs is 1. The first-order chi connectivity index (χ1) is 10.1. The van der Waals surface area contributed by atoms with Crippen molar-refractivity contribution in [3.8, 4) is 0 Å². The molecule has 3 nitrogen and oxygen atoms in total. The van der Waals surface area contributed by atoms with Gasteiger partial charge in [-0.05, 0) is 46.3 Å². The Hall–Kier alpha value is -1.56. The van der Waals surface area contributed by atoms with Crippen LogP contribution in [0.1, 0.15) is 9.67 Å². The Morgan fingerprint density at radius 3 is 2.76 bits per heavy atom. The number of carbonyl (C=O) groups is 1. The van der Waals surface area contributed by atoms with Gasteiger partial charge in [-0.2, -0.15) is 0 Å². The molecule has 0 saturated carbocycles. The minimum Gasteiger partial charge on any atom is -0.397 e. The van der Waals surface area contributed by atoms with Crippen molar-refractivity contribution >= 4 is 66.2 Å². The van der Waals surface area contributed by atoms with Gasteiger partial charge in [-0.25, -0.2) is 0 Å². The average molecular weight is 382 g/mol. The molecule has 0 aliphatic carbocycles. The first-order valence-corrected chi connectivity index (χ1v) is 8.08. The monoisotopic (exact) mass is 380 g/mol. The summed E-state index contributed by atoms with van der Waals surface area (Å²) in [6.45, 7) is 0. The lowest BCUT2D eigenvalue weighted by atomic mass is 10.2. The number of carbonyl (C=O) groups excluding carboxylic acids is 1. The fourth-order valence-corrected chi connectivity index (χ4v) is 3.55. The fourth-order valence-electron chi connectivity index (χ4n) is 2.00. The second-order valence-electron chi connectivity index (χ2n) is 4.42. The lowest BCUT2D eigenvalue weighted by Gasteiger charge is -2.06. The SMILES string of the molecule is Nc1c(C(=O)Nc2ccccc2Br)sc2ccc(Cl)cc12. The third-order valence-electron chi connectivity index (χ3n) is 3.02. The number of nitrogens with two attached hydrogens (primary N) is 1. The summed E-state index contributed by atoms with van der Waals surface area (Å²) in [4.78, 5) is 12.9. The average Bonchev–Trinajstić information content (AvgIpc) is 2.79. The molecular weight excluding hydrogens is 372 g/mol. The lowest BCUT2D eigenvalue weighted by Crippen LogP contribution is -2.12. The molecule has 0 atom stereocenters. The highest BCUT2D eigenvalue weighted by molar-refractivity contribution is 9.10. The molecule has 0 aliphatic rings. The number of anilines is 2. The van der Waals surface area contributed by atoms with Crippen LogP contribution in [0.5, 0.6) is 0 Å². The van der Waals surface area contributed by atoms with Crippen molar-refractivity contribution in [1.29, 1.82) is 0 Å². The maximum Gasteiger partial charge on any atom is 0.267 e. The number of hydrogen-bond donors (Lipinski definition) is 2. The number of amides is 1. The predicted octanol–water partition coefficient (Wildman–Crippen LogP) is 5.15. The van der Waals surface area contributed by atoms with Gasteiger partial charge in [0.2, 0.25) is 0 Å². The molecule has 0 fully saturated rings. The van der Waals surface area contributed by atoms with Crippen LogP contribution in [-0.2, 0) is 0 Å². The van der Waals surface area contributed by atoms with E-state index < -0.39 is 0 Å². The van der Waals surface area contributed by atoms with Crippen LogP contribution >= 0.6 is 38.9 Å². The van der Waals surface area contributed by atoms with E-state index in [9.17, 15) is 4.79 Å². The number of halogens is 2. The summed E-state index contributed by atoms with van der Waals surface area (Å²) < 4.78 is 1.76. The molecule has 2 aromatic carbocycles. The van der Waals surface area contributed by atoms with Gasteiger partial charge < -0.3 is 11.1 Å². The Kier molecular flexibility index (Phi) is 3.89. The number of nitrogens with one attached hydrogen (secondary N) is 1. The molecule has 1 heterocycles. The minimum absolute atomic E-state index is 0.225. The van der Waals surface area contributed by atoms with Crippen molar-refractivity contribution in [3.63, 3.8) is 0 Å². The van der Waals surface area contributed by atoms with Crippen LogP contribution < -0.4 is 11.1 Å². The molecule has 0 radical (unpaired) electrons. The van der Waals surface area contributed by atoms with Gasteiger partial charge in [-0.15, -0.1) is 11.3 Å². The Bertz CT molecular complexity index is 847. The molecule has 0 bridgehead atoms. The topological polar surface area (TPSA) is 55.1 Å². The van der Waals surface area contributed by atoms with E-state index in [0.717, 1.165) is 14.6 Å². The Balaban J connectivity index is 1.99. The maximum atomic E-state index is 12.4. The van der Waals surface area contributed by atoms with E-state index in [1.54, 1.807) is 12.1 Å². The van der Waals surface area contributed by atoms with Gasteiger partial charge in [-0.1, -0.05) is 23.7 Å². The van der Waals surface area contributed by atoms with E-state index in [4.69, 9.17) is 17.3 Å². The quantitative estimate of drug-likeness (QED) is 0.645. The largest absolute Gasteiger partial charge is 0.397 e. The summed E-state index contributed by atoms with van der Waals surface area (Å²) in [5.41, 5.74) is 7.25. The molecule has 0 unspecified atom stereocenters. The first kappa shape index (κ1) is 14.4. The molecule has 0 spiro atoms. The highest BCUT2D eigenvalue weighted by atomic mass is 79.9. The standard InChI is InChI=1S/C15H10BrClN2OS/c16-10-3-1-2-4-11(10)19-15(20)14-13(18)9-7-8(17)5-6-12(9)21-14/h1-7H,18H2,(H,19,20). The van der Waals surface area contributed by atoms with Gasteiger partial charge in [0.15, 0.2) is 0 Å². The number of rotatable bonds is 2. The van der Waals surface area contributed by atoms with Crippen LogP contribution in [0.2, 0.25) is 5.02 Å². The zero-order valence-corrected chi connectivity index (χ0v) is 13.8. The normalized spacial score (nSPS) is 10.8. The summed E-state index contributed by atoms with van der Waals surface area (Å²) in [7, 11) is 0. The summed E-state index contributed by atoms with van der Waals surface area (Å²) in [6.07, 6.45) is 0. The third-order valence-corrected chi connectivity index (χ3v) is 5.13. The number of benzene rings is 2. The van der Waals surface area contributed by atoms with Crippen LogP contribution in [-0.4, -0.2) is 5.91 Å². The third kappa shape index (κ3) is 2.77. The van der Waals surface area contributed by atoms with Crippen LogP contribution in [0, 0.1) is 0 Å². The van der Waals surface area contributed by atoms with E-state index in [-0.39, 0.29) is 5.91 Å². The van der Waals surface area contributed by atoms with Crippen molar-refractivity contribution in [2.24, 2.45) is 0 Å². The van der Waals surface area contributed by atoms with Crippen molar-refractivity contribution in [2.45, 2.75) is 0 Å². The molecule has 1 amide bonds. The van der Waals surface area contributed by atoms with E-state index in [1.807, 2.05) is 30.3 Å². The Morgan fingerprint density at radius 2 is 2.00 bits per heavy atom. The smallest absolute Gasteiger partial charge is 0.267 e. The highest BCUT2D eigenvalue weighted by Crippen LogP contribution is 2.36. The molecule has 3 rings (SSSR count).